The van der Waals surface area contributed by atoms with Gasteiger partial charge in [-0.05, 0) is 74.1 Å². The third-order valence-electron chi connectivity index (χ3n) is 7.44. The third-order valence-corrected chi connectivity index (χ3v) is 7.44. The van der Waals surface area contributed by atoms with Crippen LogP contribution in [0.25, 0.3) is 0 Å². The van der Waals surface area contributed by atoms with Gasteiger partial charge in [0.2, 0.25) is 5.91 Å². The summed E-state index contributed by atoms with van der Waals surface area (Å²) in [6, 6.07) is 8.29. The fourth-order valence-corrected chi connectivity index (χ4v) is 5.00. The summed E-state index contributed by atoms with van der Waals surface area (Å²) in [5.74, 6) is -0.0164. The highest BCUT2D eigenvalue weighted by Crippen LogP contribution is 2.34. The molecule has 0 spiro atoms. The Morgan fingerprint density at radius 1 is 1.05 bits per heavy atom. The maximum atomic E-state index is 13.4. The maximum absolute atomic E-state index is 13.4. The highest BCUT2D eigenvalue weighted by atomic mass is 19.4. The maximum Gasteiger partial charge on any atom is 0.416 e. The summed E-state index contributed by atoms with van der Waals surface area (Å²) >= 11 is 0. The molecule has 208 valence electrons. The van der Waals surface area contributed by atoms with Gasteiger partial charge in [0.1, 0.15) is 18.5 Å². The number of nitrogens with one attached hydrogen (secondary N) is 2. The number of hydrogen-bond acceptors (Lipinski definition) is 5. The first-order valence-electron chi connectivity index (χ1n) is 13.0. The van der Waals surface area contributed by atoms with Crippen LogP contribution in [0.4, 0.5) is 18.9 Å². The summed E-state index contributed by atoms with van der Waals surface area (Å²) in [5, 5.41) is 5.59. The standard InChI is InChI=1S/C28H30F3N3O5/c1-34-22-10-9-20(14-32-25(35)12-16-2-3-16)39-24(22)15-38-23-11-8-19(13-21(23)27(34)37)33-26(36)17-4-6-18(7-5-17)28(29,30)31/h4-8,11,13,16,20,22,24H,2-3,9-10,12,14-15H2,1H3,(H,32,35)(H,33,36)/t20-,22-,24-/m0/s1. The van der Waals surface area contributed by atoms with E-state index in [0.29, 0.717) is 43.2 Å². The van der Waals surface area contributed by atoms with Crippen molar-refractivity contribution in [1.29, 1.82) is 0 Å². The molecule has 8 nitrogen and oxygen atoms in total. The predicted molar refractivity (Wildman–Crippen MR) is 135 cm³/mol. The van der Waals surface area contributed by atoms with Crippen molar-refractivity contribution >= 4 is 23.4 Å². The lowest BCUT2D eigenvalue weighted by Gasteiger charge is -2.42. The molecule has 0 aromatic heterocycles. The van der Waals surface area contributed by atoms with Gasteiger partial charge in [-0.3, -0.25) is 14.4 Å². The highest BCUT2D eigenvalue weighted by molar-refractivity contribution is 6.05. The first-order valence-corrected chi connectivity index (χ1v) is 13.0. The molecule has 2 aromatic carbocycles. The van der Waals surface area contributed by atoms with E-state index in [0.717, 1.165) is 37.1 Å². The summed E-state index contributed by atoms with van der Waals surface area (Å²) in [6.45, 7) is 0.629. The van der Waals surface area contributed by atoms with Crippen LogP contribution in [-0.4, -0.2) is 61.1 Å². The molecular formula is C28H30F3N3O5. The van der Waals surface area contributed by atoms with Gasteiger partial charge in [-0.15, -0.1) is 0 Å². The van der Waals surface area contributed by atoms with Gasteiger partial charge >= 0.3 is 6.18 Å². The minimum atomic E-state index is -4.49. The van der Waals surface area contributed by atoms with E-state index in [9.17, 15) is 27.6 Å². The Morgan fingerprint density at radius 2 is 1.79 bits per heavy atom. The first kappa shape index (κ1) is 27.0. The minimum absolute atomic E-state index is 0.0413. The van der Waals surface area contributed by atoms with Gasteiger partial charge in [-0.1, -0.05) is 0 Å². The molecule has 3 atom stereocenters. The van der Waals surface area contributed by atoms with Crippen molar-refractivity contribution in [1.82, 2.24) is 10.2 Å². The van der Waals surface area contributed by atoms with Crippen LogP contribution >= 0.6 is 0 Å². The fraction of sp³-hybridized carbons (Fsp3) is 0.464. The molecule has 2 aliphatic heterocycles. The van der Waals surface area contributed by atoms with E-state index in [4.69, 9.17) is 9.47 Å². The van der Waals surface area contributed by atoms with E-state index in [-0.39, 0.29) is 47.8 Å². The Balaban J connectivity index is 1.23. The summed E-state index contributed by atoms with van der Waals surface area (Å²) in [6.07, 6.45) is -0.882. The highest BCUT2D eigenvalue weighted by Gasteiger charge is 2.39. The van der Waals surface area contributed by atoms with Gasteiger partial charge in [0.05, 0.1) is 23.3 Å². The molecule has 0 bridgehead atoms. The number of amides is 3. The molecule has 1 saturated heterocycles. The van der Waals surface area contributed by atoms with Gasteiger partial charge < -0.3 is 25.0 Å². The van der Waals surface area contributed by atoms with Crippen molar-refractivity contribution in [3.05, 3.63) is 59.2 Å². The van der Waals surface area contributed by atoms with Crippen LogP contribution in [-0.2, 0) is 15.7 Å². The average Bonchev–Trinajstić information content (AvgIpc) is 3.73. The number of alkyl halides is 3. The molecule has 39 heavy (non-hydrogen) atoms. The van der Waals surface area contributed by atoms with E-state index in [1.54, 1.807) is 24.1 Å². The van der Waals surface area contributed by atoms with Gasteiger partial charge in [-0.2, -0.15) is 13.2 Å². The third kappa shape index (κ3) is 6.35. The second-order valence-electron chi connectivity index (χ2n) is 10.4. The number of benzene rings is 2. The van der Waals surface area contributed by atoms with Crippen LogP contribution in [0.5, 0.6) is 5.75 Å². The molecule has 2 fully saturated rings. The Kier molecular flexibility index (Phi) is 7.53. The smallest absolute Gasteiger partial charge is 0.416 e. The number of rotatable bonds is 6. The average molecular weight is 546 g/mol. The number of halogens is 3. The van der Waals surface area contributed by atoms with E-state index in [1.807, 2.05) is 0 Å². The van der Waals surface area contributed by atoms with Crippen molar-refractivity contribution in [2.45, 2.75) is 56.5 Å². The summed E-state index contributed by atoms with van der Waals surface area (Å²) < 4.78 is 50.6. The molecule has 5 rings (SSSR count). The van der Waals surface area contributed by atoms with Crippen molar-refractivity contribution < 1.29 is 37.0 Å². The summed E-state index contributed by atoms with van der Waals surface area (Å²) in [4.78, 5) is 39.7. The Morgan fingerprint density at radius 3 is 2.49 bits per heavy atom. The molecule has 3 aliphatic rings. The Labute approximate surface area is 223 Å². The second kappa shape index (κ2) is 10.9. The lowest BCUT2D eigenvalue weighted by Crippen LogP contribution is -2.54. The summed E-state index contributed by atoms with van der Waals surface area (Å²) in [5.41, 5.74) is -0.228. The lowest BCUT2D eigenvalue weighted by atomic mass is 9.95. The second-order valence-corrected chi connectivity index (χ2v) is 10.4. The summed E-state index contributed by atoms with van der Waals surface area (Å²) in [7, 11) is 1.70. The van der Waals surface area contributed by atoms with Gasteiger partial charge in [0.15, 0.2) is 0 Å². The van der Waals surface area contributed by atoms with Crippen molar-refractivity contribution in [2.24, 2.45) is 5.92 Å². The molecule has 0 radical (unpaired) electrons. The van der Waals surface area contributed by atoms with E-state index >= 15 is 0 Å². The molecule has 3 amide bonds. The lowest BCUT2D eigenvalue weighted by molar-refractivity contribution is -0.137. The number of carbonyl (C=O) groups is 3. The predicted octanol–water partition coefficient (Wildman–Crippen LogP) is 4.25. The number of hydrogen-bond donors (Lipinski definition) is 2. The SMILES string of the molecule is CN1C(=O)c2cc(NC(=O)c3ccc(C(F)(F)F)cc3)ccc2OC[C@@H]2O[C@H](CNC(=O)CC3CC3)CC[C@@H]21. The number of carbonyl (C=O) groups excluding carboxylic acids is 3. The van der Waals surface area contributed by atoms with Crippen LogP contribution in [0, 0.1) is 5.92 Å². The van der Waals surface area contributed by atoms with Crippen LogP contribution in [0.2, 0.25) is 0 Å². The van der Waals surface area contributed by atoms with Crippen LogP contribution in [0.15, 0.2) is 42.5 Å². The van der Waals surface area contributed by atoms with Crippen LogP contribution in [0.3, 0.4) is 0 Å². The molecule has 2 N–H and O–H groups in total. The first-order chi connectivity index (χ1) is 18.6. The zero-order valence-corrected chi connectivity index (χ0v) is 21.4. The molecular weight excluding hydrogens is 515 g/mol. The molecule has 1 saturated carbocycles. The molecule has 2 heterocycles. The van der Waals surface area contributed by atoms with E-state index < -0.39 is 17.6 Å². The minimum Gasteiger partial charge on any atom is -0.490 e. The van der Waals surface area contributed by atoms with Crippen LogP contribution < -0.4 is 15.4 Å². The molecule has 2 aromatic rings. The molecule has 0 unspecified atom stereocenters. The normalized spacial score (nSPS) is 23.0. The van der Waals surface area contributed by atoms with Crippen LogP contribution in [0.1, 0.15) is 58.4 Å². The molecule has 11 heteroatoms. The number of likely N-dealkylation sites (N-methyl/N-ethyl adjacent to an activating group) is 1. The number of ether oxygens (including phenoxy) is 2. The Bertz CT molecular complexity index is 1250. The Hall–Kier alpha value is -3.60. The molecule has 1 aliphatic carbocycles. The quantitative estimate of drug-likeness (QED) is 0.566. The van der Waals surface area contributed by atoms with E-state index in [2.05, 4.69) is 10.6 Å². The topological polar surface area (TPSA) is 97.0 Å². The van der Waals surface area contributed by atoms with Gasteiger partial charge in [-0.25, -0.2) is 0 Å². The number of nitrogens with zero attached hydrogens (tertiary/aromatic N) is 1. The fourth-order valence-electron chi connectivity index (χ4n) is 5.00. The zero-order chi connectivity index (χ0) is 27.7. The monoisotopic (exact) mass is 545 g/mol. The van der Waals surface area contributed by atoms with Gasteiger partial charge in [0, 0.05) is 31.3 Å². The number of anilines is 1. The van der Waals surface area contributed by atoms with Gasteiger partial charge in [0.25, 0.3) is 11.8 Å². The number of fused-ring (bicyclic) bond motifs is 2. The zero-order valence-electron chi connectivity index (χ0n) is 21.4. The van der Waals surface area contributed by atoms with Crippen molar-refractivity contribution in [2.75, 3.05) is 25.5 Å². The van der Waals surface area contributed by atoms with Crippen molar-refractivity contribution in [3.63, 3.8) is 0 Å². The largest absolute Gasteiger partial charge is 0.490 e. The van der Waals surface area contributed by atoms with E-state index in [1.165, 1.54) is 6.07 Å². The van der Waals surface area contributed by atoms with Crippen molar-refractivity contribution in [3.8, 4) is 5.75 Å².